The lowest BCUT2D eigenvalue weighted by atomic mass is 9.80. The summed E-state index contributed by atoms with van der Waals surface area (Å²) in [6, 6.07) is 0.818. The van der Waals surface area contributed by atoms with E-state index in [1.807, 2.05) is 18.9 Å². The zero-order valence-corrected chi connectivity index (χ0v) is 16.3. The van der Waals surface area contributed by atoms with Crippen LogP contribution in [0.15, 0.2) is 12.3 Å². The summed E-state index contributed by atoms with van der Waals surface area (Å²) in [6.45, 7) is 4.07. The van der Waals surface area contributed by atoms with E-state index in [1.54, 1.807) is 6.92 Å². The Morgan fingerprint density at radius 3 is 2.69 bits per heavy atom. The molecule has 3 heterocycles. The van der Waals surface area contributed by atoms with E-state index in [0.29, 0.717) is 29.7 Å². The molecule has 1 fully saturated rings. The average Bonchev–Trinajstić information content (AvgIpc) is 3.08. The van der Waals surface area contributed by atoms with Crippen molar-refractivity contribution in [1.29, 1.82) is 0 Å². The van der Waals surface area contributed by atoms with Crippen molar-refractivity contribution in [3.8, 4) is 0 Å². The lowest BCUT2D eigenvalue weighted by molar-refractivity contribution is -0.141. The number of nitrogens with one attached hydrogen (secondary N) is 2. The number of alkyl halides is 3. The van der Waals surface area contributed by atoms with Crippen LogP contribution in [-0.4, -0.2) is 44.8 Å². The summed E-state index contributed by atoms with van der Waals surface area (Å²) in [6.07, 6.45) is -1.46. The number of hydrogen-bond donors (Lipinski definition) is 2. The van der Waals surface area contributed by atoms with Crippen molar-refractivity contribution in [1.82, 2.24) is 19.7 Å². The summed E-state index contributed by atoms with van der Waals surface area (Å²) in [7, 11) is 1.82. The molecule has 1 aliphatic carbocycles. The minimum absolute atomic E-state index is 0.0958. The van der Waals surface area contributed by atoms with E-state index in [1.165, 1.54) is 10.9 Å². The molecule has 0 bridgehead atoms. The monoisotopic (exact) mass is 409 g/mol. The van der Waals surface area contributed by atoms with E-state index in [2.05, 4.69) is 25.7 Å². The van der Waals surface area contributed by atoms with Gasteiger partial charge in [-0.2, -0.15) is 23.3 Å². The first-order chi connectivity index (χ1) is 13.6. The average molecular weight is 409 g/mol. The standard InChI is InChI=1S/C18H22F3N7O/c1-9-14-15(27(3)10(2)16(29)24-14)25-17(22-9)23-12-6-11(7-12)8-28-5-4-13(26-28)18(19,20)21/h4-5,10-12H,6-8H2,1-3H3,(H,24,29)(H,22,23,25)/t10-,11-,12+/m0/s1. The van der Waals surface area contributed by atoms with Gasteiger partial charge in [0.2, 0.25) is 11.9 Å². The highest BCUT2D eigenvalue weighted by molar-refractivity contribution is 6.03. The van der Waals surface area contributed by atoms with Crippen LogP contribution in [0, 0.1) is 12.8 Å². The van der Waals surface area contributed by atoms with E-state index < -0.39 is 11.9 Å². The molecule has 2 aromatic heterocycles. The molecule has 29 heavy (non-hydrogen) atoms. The van der Waals surface area contributed by atoms with Crippen molar-refractivity contribution in [2.24, 2.45) is 5.92 Å². The van der Waals surface area contributed by atoms with Gasteiger partial charge in [0, 0.05) is 25.8 Å². The Bertz CT molecular complexity index is 936. The molecule has 0 spiro atoms. The fourth-order valence-corrected chi connectivity index (χ4v) is 3.68. The Hall–Kier alpha value is -2.85. The van der Waals surface area contributed by atoms with E-state index in [-0.39, 0.29) is 23.9 Å². The maximum atomic E-state index is 12.6. The first-order valence-corrected chi connectivity index (χ1v) is 9.41. The van der Waals surface area contributed by atoms with Crippen LogP contribution < -0.4 is 15.5 Å². The summed E-state index contributed by atoms with van der Waals surface area (Å²) in [4.78, 5) is 22.8. The number of aromatic nitrogens is 4. The zero-order valence-electron chi connectivity index (χ0n) is 16.3. The second-order valence-electron chi connectivity index (χ2n) is 7.71. The zero-order chi connectivity index (χ0) is 20.9. The number of anilines is 3. The highest BCUT2D eigenvalue weighted by Gasteiger charge is 2.35. The molecule has 156 valence electrons. The molecule has 0 saturated heterocycles. The number of carbonyl (C=O) groups excluding carboxylic acids is 1. The quantitative estimate of drug-likeness (QED) is 0.807. The number of amides is 1. The number of halogens is 3. The topological polar surface area (TPSA) is 88.0 Å². The van der Waals surface area contributed by atoms with Crippen molar-refractivity contribution >= 4 is 23.4 Å². The summed E-state index contributed by atoms with van der Waals surface area (Å²) in [5.74, 6) is 1.30. The molecule has 0 aromatic carbocycles. The minimum Gasteiger partial charge on any atom is -0.351 e. The van der Waals surface area contributed by atoms with Gasteiger partial charge in [0.25, 0.3) is 0 Å². The molecular weight excluding hydrogens is 387 g/mol. The second kappa shape index (κ2) is 6.89. The van der Waals surface area contributed by atoms with Gasteiger partial charge in [-0.1, -0.05) is 0 Å². The van der Waals surface area contributed by atoms with E-state index in [4.69, 9.17) is 0 Å². The Balaban J connectivity index is 1.37. The number of hydrogen-bond acceptors (Lipinski definition) is 6. The lowest BCUT2D eigenvalue weighted by Crippen LogP contribution is -2.45. The third-order valence-corrected chi connectivity index (χ3v) is 5.56. The highest BCUT2D eigenvalue weighted by Crippen LogP contribution is 2.35. The van der Waals surface area contributed by atoms with Crippen LogP contribution in [0.4, 0.5) is 30.6 Å². The highest BCUT2D eigenvalue weighted by atomic mass is 19.4. The molecule has 0 radical (unpaired) electrons. The van der Waals surface area contributed by atoms with Gasteiger partial charge in [0.1, 0.15) is 11.7 Å². The van der Waals surface area contributed by atoms with Crippen molar-refractivity contribution in [2.75, 3.05) is 22.6 Å². The van der Waals surface area contributed by atoms with Crippen LogP contribution in [0.5, 0.6) is 0 Å². The van der Waals surface area contributed by atoms with Gasteiger partial charge in [-0.3, -0.25) is 9.48 Å². The first-order valence-electron chi connectivity index (χ1n) is 9.41. The molecule has 1 amide bonds. The summed E-state index contributed by atoms with van der Waals surface area (Å²) < 4.78 is 39.3. The number of fused-ring (bicyclic) bond motifs is 1. The molecule has 1 atom stereocenters. The summed E-state index contributed by atoms with van der Waals surface area (Å²) in [5, 5.41) is 9.73. The predicted octanol–water partition coefficient (Wildman–Crippen LogP) is 2.67. The van der Waals surface area contributed by atoms with Crippen LogP contribution in [0.2, 0.25) is 0 Å². The second-order valence-corrected chi connectivity index (χ2v) is 7.71. The molecule has 2 aliphatic rings. The molecule has 2 N–H and O–H groups in total. The smallest absolute Gasteiger partial charge is 0.351 e. The maximum absolute atomic E-state index is 12.6. The van der Waals surface area contributed by atoms with E-state index in [0.717, 1.165) is 18.9 Å². The molecule has 4 rings (SSSR count). The van der Waals surface area contributed by atoms with Crippen LogP contribution in [-0.2, 0) is 17.5 Å². The normalized spacial score (nSPS) is 24.0. The van der Waals surface area contributed by atoms with Crippen LogP contribution in [0.1, 0.15) is 31.2 Å². The van der Waals surface area contributed by atoms with Gasteiger partial charge < -0.3 is 15.5 Å². The molecule has 0 unspecified atom stereocenters. The Morgan fingerprint density at radius 1 is 1.31 bits per heavy atom. The van der Waals surface area contributed by atoms with Crippen LogP contribution >= 0.6 is 0 Å². The molecule has 1 saturated carbocycles. The van der Waals surface area contributed by atoms with Crippen molar-refractivity contribution in [3.63, 3.8) is 0 Å². The van der Waals surface area contributed by atoms with Gasteiger partial charge in [0.05, 0.1) is 5.69 Å². The molecule has 11 heteroatoms. The Kier molecular flexibility index (Phi) is 4.62. The Labute approximate surface area is 165 Å². The molecule has 8 nitrogen and oxygen atoms in total. The van der Waals surface area contributed by atoms with Gasteiger partial charge in [-0.05, 0) is 38.7 Å². The lowest BCUT2D eigenvalue weighted by Gasteiger charge is -2.37. The summed E-state index contributed by atoms with van der Waals surface area (Å²) in [5.41, 5.74) is 0.429. The van der Waals surface area contributed by atoms with Crippen molar-refractivity contribution < 1.29 is 18.0 Å². The summed E-state index contributed by atoms with van der Waals surface area (Å²) >= 11 is 0. The maximum Gasteiger partial charge on any atom is 0.435 e. The van der Waals surface area contributed by atoms with E-state index >= 15 is 0 Å². The molecule has 2 aromatic rings. The van der Waals surface area contributed by atoms with Gasteiger partial charge >= 0.3 is 6.18 Å². The van der Waals surface area contributed by atoms with E-state index in [9.17, 15) is 18.0 Å². The van der Waals surface area contributed by atoms with Gasteiger partial charge in [-0.25, -0.2) is 4.98 Å². The van der Waals surface area contributed by atoms with Crippen molar-refractivity contribution in [2.45, 2.75) is 51.5 Å². The van der Waals surface area contributed by atoms with Gasteiger partial charge in [0.15, 0.2) is 11.5 Å². The number of nitrogens with zero attached hydrogens (tertiary/aromatic N) is 5. The SMILES string of the molecule is Cc1nc(N[C@H]2C[C@@H](Cn3ccc(C(F)(F)F)n3)C2)nc2c1NC(=O)[C@H](C)N2C. The van der Waals surface area contributed by atoms with Crippen molar-refractivity contribution in [3.05, 3.63) is 23.7 Å². The predicted molar refractivity (Wildman–Crippen MR) is 101 cm³/mol. The van der Waals surface area contributed by atoms with Crippen LogP contribution in [0.3, 0.4) is 0 Å². The Morgan fingerprint density at radius 2 is 2.03 bits per heavy atom. The first kappa shape index (κ1) is 19.5. The molecular formula is C18H22F3N7O. The number of aryl methyl sites for hydroxylation is 1. The number of rotatable bonds is 4. The fraction of sp³-hybridized carbons (Fsp3) is 0.556. The molecule has 1 aliphatic heterocycles. The fourth-order valence-electron chi connectivity index (χ4n) is 3.68. The third kappa shape index (κ3) is 3.73. The number of carbonyl (C=O) groups is 1. The number of likely N-dealkylation sites (N-methyl/N-ethyl adjacent to an activating group) is 1. The largest absolute Gasteiger partial charge is 0.435 e. The minimum atomic E-state index is -4.42. The third-order valence-electron chi connectivity index (χ3n) is 5.56. The van der Waals surface area contributed by atoms with Gasteiger partial charge in [-0.15, -0.1) is 0 Å². The van der Waals surface area contributed by atoms with Crippen LogP contribution in [0.25, 0.3) is 0 Å².